The van der Waals surface area contributed by atoms with Crippen molar-refractivity contribution in [3.05, 3.63) is 53.2 Å². The number of likely N-dealkylation sites (tertiary alicyclic amines) is 1. The summed E-state index contributed by atoms with van der Waals surface area (Å²) in [5.41, 5.74) is 2.27. The van der Waals surface area contributed by atoms with Crippen LogP contribution in [0.3, 0.4) is 0 Å². The first-order valence-corrected chi connectivity index (χ1v) is 9.49. The highest BCUT2D eigenvalue weighted by Crippen LogP contribution is 2.38. The van der Waals surface area contributed by atoms with E-state index in [4.69, 9.17) is 10.00 Å². The van der Waals surface area contributed by atoms with E-state index in [1.807, 2.05) is 17.0 Å². The van der Waals surface area contributed by atoms with Crippen LogP contribution in [0.1, 0.15) is 53.2 Å². The Hall–Kier alpha value is -2.94. The van der Waals surface area contributed by atoms with Gasteiger partial charge in [0.2, 0.25) is 5.88 Å². The molecule has 0 spiro atoms. The second kappa shape index (κ2) is 7.75. The molecule has 0 radical (unpaired) electrons. The molecule has 1 aromatic carbocycles. The molecule has 0 atom stereocenters. The van der Waals surface area contributed by atoms with E-state index in [9.17, 15) is 4.79 Å². The number of piperidine rings is 1. The van der Waals surface area contributed by atoms with Gasteiger partial charge >= 0.3 is 0 Å². The van der Waals surface area contributed by atoms with E-state index < -0.39 is 0 Å². The Labute approximate surface area is 158 Å². The summed E-state index contributed by atoms with van der Waals surface area (Å²) in [5.74, 6) is 1.63. The maximum Gasteiger partial charge on any atom is 0.253 e. The molecule has 0 bridgehead atoms. The summed E-state index contributed by atoms with van der Waals surface area (Å²) in [6.07, 6.45) is 4.26. The molecule has 0 unspecified atom stereocenters. The summed E-state index contributed by atoms with van der Waals surface area (Å²) < 4.78 is 5.80. The summed E-state index contributed by atoms with van der Waals surface area (Å²) in [6.45, 7) is 2.05. The minimum Gasteiger partial charge on any atom is -0.476 e. The number of nitriles is 1. The molecule has 2 aromatic rings. The van der Waals surface area contributed by atoms with Crippen LogP contribution in [0, 0.1) is 17.2 Å². The van der Waals surface area contributed by atoms with Crippen molar-refractivity contribution in [1.29, 1.82) is 5.26 Å². The molecule has 2 aliphatic rings. The molecular formula is C21H22N4O2. The molecule has 27 heavy (non-hydrogen) atoms. The minimum atomic E-state index is 0.0281. The molecule has 2 fully saturated rings. The Kier molecular flexibility index (Phi) is 5.01. The standard InChI is InChI=1S/C21H22N4O2/c22-13-15-1-3-18(4-2-15)21(26)25-11-9-16(10-12-25)14-27-20-8-7-19(23-24-20)17-5-6-17/h1-4,7-8,16-17H,5-6,9-12,14H2. The van der Waals surface area contributed by atoms with Gasteiger partial charge in [0.15, 0.2) is 0 Å². The zero-order valence-electron chi connectivity index (χ0n) is 15.2. The van der Waals surface area contributed by atoms with Crippen molar-refractivity contribution < 1.29 is 9.53 Å². The Morgan fingerprint density at radius 1 is 1.07 bits per heavy atom. The monoisotopic (exact) mass is 362 g/mol. The average molecular weight is 362 g/mol. The lowest BCUT2D eigenvalue weighted by atomic mass is 9.97. The summed E-state index contributed by atoms with van der Waals surface area (Å²) in [5, 5.41) is 17.3. The molecular weight excluding hydrogens is 340 g/mol. The van der Waals surface area contributed by atoms with Crippen LogP contribution >= 0.6 is 0 Å². The van der Waals surface area contributed by atoms with Gasteiger partial charge in [-0.3, -0.25) is 4.79 Å². The lowest BCUT2D eigenvalue weighted by Gasteiger charge is -2.31. The molecule has 1 saturated carbocycles. The van der Waals surface area contributed by atoms with Crippen molar-refractivity contribution in [1.82, 2.24) is 15.1 Å². The van der Waals surface area contributed by atoms with Gasteiger partial charge in [0, 0.05) is 30.6 Å². The van der Waals surface area contributed by atoms with Gasteiger partial charge in [-0.2, -0.15) is 10.4 Å². The lowest BCUT2D eigenvalue weighted by molar-refractivity contribution is 0.0659. The number of benzene rings is 1. The fourth-order valence-electron chi connectivity index (χ4n) is 3.38. The van der Waals surface area contributed by atoms with Gasteiger partial charge in [-0.05, 0) is 61.9 Å². The summed E-state index contributed by atoms with van der Waals surface area (Å²) in [6, 6.07) is 12.8. The van der Waals surface area contributed by atoms with Gasteiger partial charge in [-0.1, -0.05) is 0 Å². The zero-order chi connectivity index (χ0) is 18.6. The van der Waals surface area contributed by atoms with Crippen molar-refractivity contribution in [2.75, 3.05) is 19.7 Å². The lowest BCUT2D eigenvalue weighted by Crippen LogP contribution is -2.39. The highest BCUT2D eigenvalue weighted by molar-refractivity contribution is 5.94. The number of amides is 1. The van der Waals surface area contributed by atoms with Crippen molar-refractivity contribution in [2.45, 2.75) is 31.6 Å². The predicted octanol–water partition coefficient (Wildman–Crippen LogP) is 3.16. The summed E-state index contributed by atoms with van der Waals surface area (Å²) in [7, 11) is 0. The molecule has 0 N–H and O–H groups in total. The van der Waals surface area contributed by atoms with E-state index >= 15 is 0 Å². The first-order valence-electron chi connectivity index (χ1n) is 9.49. The number of nitrogens with zero attached hydrogens (tertiary/aromatic N) is 4. The SMILES string of the molecule is N#Cc1ccc(C(=O)N2CCC(COc3ccc(C4CC4)nn3)CC2)cc1. The molecule has 4 rings (SSSR count). The maximum atomic E-state index is 12.6. The van der Waals surface area contributed by atoms with Gasteiger partial charge in [-0.15, -0.1) is 5.10 Å². The average Bonchev–Trinajstić information content (AvgIpc) is 3.58. The van der Waals surface area contributed by atoms with Crippen molar-refractivity contribution in [3.8, 4) is 11.9 Å². The third-order valence-electron chi connectivity index (χ3n) is 5.29. The molecule has 6 nitrogen and oxygen atoms in total. The van der Waals surface area contributed by atoms with Gasteiger partial charge in [0.05, 0.1) is 23.9 Å². The Balaban J connectivity index is 1.24. The van der Waals surface area contributed by atoms with Gasteiger partial charge in [-0.25, -0.2) is 0 Å². The highest BCUT2D eigenvalue weighted by atomic mass is 16.5. The van der Waals surface area contributed by atoms with Crippen molar-refractivity contribution in [3.63, 3.8) is 0 Å². The Morgan fingerprint density at radius 2 is 1.81 bits per heavy atom. The van der Waals surface area contributed by atoms with Gasteiger partial charge in [0.1, 0.15) is 0 Å². The molecule has 1 aliphatic heterocycles. The molecule has 1 aromatic heterocycles. The van der Waals surface area contributed by atoms with Crippen LogP contribution in [0.25, 0.3) is 0 Å². The number of aromatic nitrogens is 2. The van der Waals surface area contributed by atoms with Crippen LogP contribution in [-0.4, -0.2) is 40.7 Å². The third-order valence-corrected chi connectivity index (χ3v) is 5.29. The van der Waals surface area contributed by atoms with Crippen LogP contribution in [-0.2, 0) is 0 Å². The number of hydrogen-bond acceptors (Lipinski definition) is 5. The summed E-state index contributed by atoms with van der Waals surface area (Å²) >= 11 is 0. The number of carbonyl (C=O) groups is 1. The molecule has 1 amide bonds. The van der Waals surface area contributed by atoms with E-state index in [1.165, 1.54) is 12.8 Å². The number of carbonyl (C=O) groups excluding carboxylic acids is 1. The first-order chi connectivity index (χ1) is 13.2. The maximum absolute atomic E-state index is 12.6. The Bertz CT molecular complexity index is 830. The minimum absolute atomic E-state index is 0.0281. The Morgan fingerprint density at radius 3 is 2.41 bits per heavy atom. The highest BCUT2D eigenvalue weighted by Gasteiger charge is 2.26. The first kappa shape index (κ1) is 17.5. The fourth-order valence-corrected chi connectivity index (χ4v) is 3.38. The van der Waals surface area contributed by atoms with E-state index in [0.717, 1.165) is 31.6 Å². The van der Waals surface area contributed by atoms with Gasteiger partial charge < -0.3 is 9.64 Å². The van der Waals surface area contributed by atoms with Crippen molar-refractivity contribution >= 4 is 5.91 Å². The van der Waals surface area contributed by atoms with Gasteiger partial charge in [0.25, 0.3) is 5.91 Å². The molecule has 1 aliphatic carbocycles. The van der Waals surface area contributed by atoms with Crippen LogP contribution in [0.4, 0.5) is 0 Å². The molecule has 6 heteroatoms. The van der Waals surface area contributed by atoms with Crippen LogP contribution in [0.2, 0.25) is 0 Å². The van der Waals surface area contributed by atoms with E-state index in [0.29, 0.717) is 35.4 Å². The quantitative estimate of drug-likeness (QED) is 0.816. The second-order valence-electron chi connectivity index (χ2n) is 7.31. The normalized spacial score (nSPS) is 17.4. The third kappa shape index (κ3) is 4.25. The summed E-state index contributed by atoms with van der Waals surface area (Å²) in [4.78, 5) is 14.4. The van der Waals surface area contributed by atoms with E-state index in [1.54, 1.807) is 24.3 Å². The number of ether oxygens (including phenoxy) is 1. The van der Waals surface area contributed by atoms with Crippen LogP contribution in [0.5, 0.6) is 5.88 Å². The zero-order valence-corrected chi connectivity index (χ0v) is 15.2. The largest absolute Gasteiger partial charge is 0.476 e. The molecule has 2 heterocycles. The van der Waals surface area contributed by atoms with Crippen LogP contribution in [0.15, 0.2) is 36.4 Å². The van der Waals surface area contributed by atoms with E-state index in [-0.39, 0.29) is 5.91 Å². The second-order valence-corrected chi connectivity index (χ2v) is 7.31. The number of hydrogen-bond donors (Lipinski definition) is 0. The fraction of sp³-hybridized carbons (Fsp3) is 0.429. The number of rotatable bonds is 5. The smallest absolute Gasteiger partial charge is 0.253 e. The van der Waals surface area contributed by atoms with Crippen LogP contribution < -0.4 is 4.74 Å². The predicted molar refractivity (Wildman–Crippen MR) is 99.3 cm³/mol. The van der Waals surface area contributed by atoms with Crippen molar-refractivity contribution in [2.24, 2.45) is 5.92 Å². The molecule has 138 valence electrons. The molecule has 1 saturated heterocycles. The van der Waals surface area contributed by atoms with E-state index in [2.05, 4.69) is 16.3 Å². The topological polar surface area (TPSA) is 79.1 Å².